The average molecular weight is 455 g/mol. The molecular weight excluding hydrogens is 412 g/mol. The van der Waals surface area contributed by atoms with Crippen LogP contribution < -0.4 is 16.4 Å². The van der Waals surface area contributed by atoms with E-state index in [0.717, 1.165) is 71.0 Å². The molecule has 1 atom stereocenters. The van der Waals surface area contributed by atoms with Crippen molar-refractivity contribution in [2.24, 2.45) is 5.73 Å². The number of likely N-dealkylation sites (tertiary alicyclic amines) is 1. The number of carboxylic acids is 1. The Morgan fingerprint density at radius 1 is 0.812 bits per heavy atom. The Morgan fingerprint density at radius 3 is 2.12 bits per heavy atom. The number of carbonyl (C=O) groups excluding carboxylic acids is 3. The molecule has 0 aromatic rings. The van der Waals surface area contributed by atoms with Crippen molar-refractivity contribution in [2.45, 2.75) is 95.9 Å². The number of aliphatic carboxylic acids is 1. The van der Waals surface area contributed by atoms with Crippen molar-refractivity contribution in [2.75, 3.05) is 26.2 Å². The fourth-order valence-electron chi connectivity index (χ4n) is 3.89. The number of nitrogens with zero attached hydrogens (tertiary/aromatic N) is 1. The highest BCUT2D eigenvalue weighted by Crippen LogP contribution is 2.12. The number of rotatable bonds is 19. The average Bonchev–Trinajstić information content (AvgIpc) is 3.28. The van der Waals surface area contributed by atoms with Gasteiger partial charge in [0.15, 0.2) is 0 Å². The van der Waals surface area contributed by atoms with Gasteiger partial charge in [-0.2, -0.15) is 0 Å². The zero-order chi connectivity index (χ0) is 23.6. The van der Waals surface area contributed by atoms with E-state index in [-0.39, 0.29) is 30.2 Å². The molecule has 1 fully saturated rings. The molecule has 1 aliphatic heterocycles. The molecule has 0 bridgehead atoms. The molecule has 0 aliphatic carbocycles. The molecule has 0 saturated carbocycles. The molecule has 1 rings (SSSR count). The second kappa shape index (κ2) is 17.4. The van der Waals surface area contributed by atoms with Crippen LogP contribution in [0.15, 0.2) is 0 Å². The number of primary amides is 1. The first-order valence-corrected chi connectivity index (χ1v) is 12.2. The third-order valence-electron chi connectivity index (χ3n) is 5.74. The van der Waals surface area contributed by atoms with E-state index >= 15 is 0 Å². The van der Waals surface area contributed by atoms with Gasteiger partial charge in [0.2, 0.25) is 17.7 Å². The van der Waals surface area contributed by atoms with Gasteiger partial charge in [0, 0.05) is 38.9 Å². The molecule has 9 heteroatoms. The van der Waals surface area contributed by atoms with Crippen LogP contribution in [0.2, 0.25) is 0 Å². The third-order valence-corrected chi connectivity index (χ3v) is 5.74. The minimum Gasteiger partial charge on any atom is -0.481 e. The Morgan fingerprint density at radius 2 is 1.44 bits per heavy atom. The number of nitrogens with one attached hydrogen (secondary N) is 2. The van der Waals surface area contributed by atoms with E-state index in [1.165, 1.54) is 0 Å². The highest BCUT2D eigenvalue weighted by atomic mass is 16.4. The number of hydrogen-bond acceptors (Lipinski definition) is 5. The van der Waals surface area contributed by atoms with Crippen LogP contribution >= 0.6 is 0 Å². The van der Waals surface area contributed by atoms with Crippen LogP contribution in [-0.4, -0.2) is 65.9 Å². The van der Waals surface area contributed by atoms with Gasteiger partial charge in [-0.25, -0.2) is 0 Å². The van der Waals surface area contributed by atoms with E-state index in [1.807, 2.05) is 4.90 Å². The lowest BCUT2D eigenvalue weighted by molar-refractivity contribution is -0.137. The van der Waals surface area contributed by atoms with Crippen LogP contribution in [0.5, 0.6) is 0 Å². The number of hydrogen-bond donors (Lipinski definition) is 4. The summed E-state index contributed by atoms with van der Waals surface area (Å²) in [6.07, 6.45) is 10.3. The van der Waals surface area contributed by atoms with Crippen LogP contribution in [0.1, 0.15) is 89.9 Å². The van der Waals surface area contributed by atoms with Crippen LogP contribution in [0.4, 0.5) is 0 Å². The quantitative estimate of drug-likeness (QED) is 0.220. The lowest BCUT2D eigenvalue weighted by atomic mass is 10.1. The van der Waals surface area contributed by atoms with Gasteiger partial charge in [-0.1, -0.05) is 19.3 Å². The maximum absolute atomic E-state index is 12.7. The highest BCUT2D eigenvalue weighted by molar-refractivity contribution is 5.82. The summed E-state index contributed by atoms with van der Waals surface area (Å²) in [6, 6.07) is -0.256. The molecular formula is C23H42N4O5. The zero-order valence-corrected chi connectivity index (χ0v) is 19.4. The largest absolute Gasteiger partial charge is 0.481 e. The minimum atomic E-state index is -0.777. The molecule has 0 aromatic heterocycles. The maximum atomic E-state index is 12.7. The van der Waals surface area contributed by atoms with Crippen molar-refractivity contribution < 1.29 is 24.3 Å². The van der Waals surface area contributed by atoms with Crippen LogP contribution in [0.25, 0.3) is 0 Å². The normalized spacial score (nSPS) is 14.3. The summed E-state index contributed by atoms with van der Waals surface area (Å²) in [5.41, 5.74) is 5.22. The van der Waals surface area contributed by atoms with Crippen molar-refractivity contribution in [1.29, 1.82) is 0 Å². The highest BCUT2D eigenvalue weighted by Gasteiger charge is 2.25. The fourth-order valence-corrected chi connectivity index (χ4v) is 3.89. The molecule has 9 nitrogen and oxygen atoms in total. The molecule has 1 saturated heterocycles. The topological polar surface area (TPSA) is 142 Å². The summed E-state index contributed by atoms with van der Waals surface area (Å²) in [7, 11) is 0. The molecule has 32 heavy (non-hydrogen) atoms. The van der Waals surface area contributed by atoms with Crippen LogP contribution in [-0.2, 0) is 19.2 Å². The molecule has 0 unspecified atom stereocenters. The van der Waals surface area contributed by atoms with E-state index in [0.29, 0.717) is 38.6 Å². The monoisotopic (exact) mass is 454 g/mol. The van der Waals surface area contributed by atoms with Crippen molar-refractivity contribution in [3.63, 3.8) is 0 Å². The van der Waals surface area contributed by atoms with Crippen molar-refractivity contribution >= 4 is 23.7 Å². The Hall–Kier alpha value is -2.16. The predicted octanol–water partition coefficient (Wildman–Crippen LogP) is 1.93. The summed E-state index contributed by atoms with van der Waals surface area (Å²) in [5.74, 6) is -0.931. The Balaban J connectivity index is 2.09. The number of carboxylic acid groups (broad SMARTS) is 1. The standard InChI is InChI=1S/C23H42N4O5/c24-20(28)12-10-11-19(23(32)27-17-8-9-18-27)25-15-6-2-1-4-13-21(29)26-16-7-3-5-14-22(30)31/h19,25H,1-18H2,(H2,24,28)(H,26,29)(H,30,31)/t19-/m0/s1. The van der Waals surface area contributed by atoms with Gasteiger partial charge in [0.25, 0.3) is 0 Å². The van der Waals surface area contributed by atoms with E-state index in [9.17, 15) is 19.2 Å². The summed E-state index contributed by atoms with van der Waals surface area (Å²) in [4.78, 5) is 47.9. The summed E-state index contributed by atoms with van der Waals surface area (Å²) < 4.78 is 0. The van der Waals surface area contributed by atoms with Gasteiger partial charge in [-0.05, 0) is 57.9 Å². The molecule has 5 N–H and O–H groups in total. The minimum absolute atomic E-state index is 0.0482. The summed E-state index contributed by atoms with van der Waals surface area (Å²) in [5, 5.41) is 14.8. The number of amides is 3. The zero-order valence-electron chi connectivity index (χ0n) is 19.4. The van der Waals surface area contributed by atoms with E-state index in [4.69, 9.17) is 10.8 Å². The second-order valence-corrected chi connectivity index (χ2v) is 8.62. The SMILES string of the molecule is NC(=O)CCC[C@H](NCCCCCCC(=O)NCCCCCC(=O)O)C(=O)N1CCCC1. The molecule has 1 heterocycles. The van der Waals surface area contributed by atoms with Gasteiger partial charge in [-0.15, -0.1) is 0 Å². The Labute approximate surface area is 191 Å². The third kappa shape index (κ3) is 14.0. The number of carbonyl (C=O) groups is 4. The molecule has 0 radical (unpaired) electrons. The maximum Gasteiger partial charge on any atom is 0.303 e. The number of unbranched alkanes of at least 4 members (excludes halogenated alkanes) is 5. The first-order valence-electron chi connectivity index (χ1n) is 12.2. The van der Waals surface area contributed by atoms with Gasteiger partial charge in [0.05, 0.1) is 6.04 Å². The predicted molar refractivity (Wildman–Crippen MR) is 123 cm³/mol. The van der Waals surface area contributed by atoms with Crippen molar-refractivity contribution in [3.8, 4) is 0 Å². The summed E-state index contributed by atoms with van der Waals surface area (Å²) >= 11 is 0. The fraction of sp³-hybridized carbons (Fsp3) is 0.826. The van der Waals surface area contributed by atoms with Gasteiger partial charge in [-0.3, -0.25) is 19.2 Å². The lowest BCUT2D eigenvalue weighted by Gasteiger charge is -2.24. The van der Waals surface area contributed by atoms with E-state index in [2.05, 4.69) is 10.6 Å². The van der Waals surface area contributed by atoms with Crippen molar-refractivity contribution in [1.82, 2.24) is 15.5 Å². The smallest absolute Gasteiger partial charge is 0.303 e. The molecule has 3 amide bonds. The second-order valence-electron chi connectivity index (χ2n) is 8.62. The first kappa shape index (κ1) is 27.9. The molecule has 1 aliphatic rings. The van der Waals surface area contributed by atoms with Crippen molar-refractivity contribution in [3.05, 3.63) is 0 Å². The van der Waals surface area contributed by atoms with Gasteiger partial charge >= 0.3 is 5.97 Å². The first-order chi connectivity index (χ1) is 15.4. The van der Waals surface area contributed by atoms with Crippen LogP contribution in [0.3, 0.4) is 0 Å². The lowest BCUT2D eigenvalue weighted by Crippen LogP contribution is -2.45. The summed E-state index contributed by atoms with van der Waals surface area (Å²) in [6.45, 7) is 2.97. The van der Waals surface area contributed by atoms with Gasteiger partial charge in [0.1, 0.15) is 0 Å². The van der Waals surface area contributed by atoms with E-state index < -0.39 is 5.97 Å². The van der Waals surface area contributed by atoms with E-state index in [1.54, 1.807) is 0 Å². The van der Waals surface area contributed by atoms with Gasteiger partial charge < -0.3 is 26.4 Å². The molecule has 184 valence electrons. The molecule has 0 aromatic carbocycles. The molecule has 0 spiro atoms. The Bertz CT molecular complexity index is 579. The van der Waals surface area contributed by atoms with Crippen LogP contribution in [0, 0.1) is 0 Å². The number of nitrogens with two attached hydrogens (primary N) is 1. The Kier molecular flexibility index (Phi) is 15.2.